The number of aryl methyl sites for hydroxylation is 1. The van der Waals surface area contributed by atoms with Gasteiger partial charge < -0.3 is 15.2 Å². The number of pyridine rings is 1. The first-order valence-corrected chi connectivity index (χ1v) is 9.22. The Balaban J connectivity index is 1.89. The van der Waals surface area contributed by atoms with Gasteiger partial charge in [-0.15, -0.1) is 11.3 Å². The Kier molecular flexibility index (Phi) is 6.22. The van der Waals surface area contributed by atoms with Crippen molar-refractivity contribution in [3.05, 3.63) is 40.5 Å². The number of anilines is 1. The molecule has 3 rings (SSSR count). The maximum Gasteiger partial charge on any atom is 0.225 e. The highest BCUT2D eigenvalue weighted by molar-refractivity contribution is 7.18. The molecular formula is C17H21FN6O2S. The van der Waals surface area contributed by atoms with E-state index in [0.29, 0.717) is 36.0 Å². The molecular weight excluding hydrogens is 371 g/mol. The van der Waals surface area contributed by atoms with Crippen LogP contribution in [0.4, 0.5) is 10.3 Å². The predicted octanol–water partition coefficient (Wildman–Crippen LogP) is 2.33. The number of halogens is 1. The molecule has 10 heteroatoms. The zero-order valence-corrected chi connectivity index (χ0v) is 16.0. The minimum absolute atomic E-state index is 0.281. The lowest BCUT2D eigenvalue weighted by atomic mass is 10.1. The Labute approximate surface area is 159 Å². The molecule has 144 valence electrons. The Bertz CT molecular complexity index is 922. The van der Waals surface area contributed by atoms with E-state index in [1.54, 1.807) is 13.3 Å². The fourth-order valence-electron chi connectivity index (χ4n) is 2.54. The van der Waals surface area contributed by atoms with E-state index in [4.69, 9.17) is 4.74 Å². The second-order valence-corrected chi connectivity index (χ2v) is 7.17. The molecule has 0 aliphatic heterocycles. The Morgan fingerprint density at radius 1 is 1.30 bits per heavy atom. The second-order valence-electron chi connectivity index (χ2n) is 5.97. The van der Waals surface area contributed by atoms with Crippen molar-refractivity contribution in [2.24, 2.45) is 0 Å². The SMILES string of the molecule is COCCNC(O)c1nc(NC(C)c2cncc(F)c2)nc2nc(C)sc12. The molecule has 3 N–H and O–H groups in total. The molecule has 0 aliphatic carbocycles. The summed E-state index contributed by atoms with van der Waals surface area (Å²) in [6.07, 6.45) is 1.74. The van der Waals surface area contributed by atoms with Crippen LogP contribution in [0.25, 0.3) is 10.3 Å². The molecule has 0 fully saturated rings. The van der Waals surface area contributed by atoms with E-state index in [2.05, 4.69) is 30.6 Å². The van der Waals surface area contributed by atoms with Crippen molar-refractivity contribution in [2.75, 3.05) is 25.6 Å². The molecule has 2 atom stereocenters. The van der Waals surface area contributed by atoms with Crippen LogP contribution in [0.3, 0.4) is 0 Å². The maximum atomic E-state index is 13.4. The van der Waals surface area contributed by atoms with Crippen LogP contribution in [0, 0.1) is 12.7 Å². The predicted molar refractivity (Wildman–Crippen MR) is 101 cm³/mol. The number of thiazole rings is 1. The Hall–Kier alpha value is -2.27. The third kappa shape index (κ3) is 4.72. The van der Waals surface area contributed by atoms with E-state index in [9.17, 15) is 9.50 Å². The topological polar surface area (TPSA) is 105 Å². The minimum atomic E-state index is -0.989. The summed E-state index contributed by atoms with van der Waals surface area (Å²) in [6, 6.07) is 1.12. The molecule has 8 nitrogen and oxygen atoms in total. The number of aliphatic hydroxyl groups is 1. The van der Waals surface area contributed by atoms with Gasteiger partial charge in [-0.3, -0.25) is 10.3 Å². The number of rotatable bonds is 8. The van der Waals surface area contributed by atoms with E-state index in [1.165, 1.54) is 17.4 Å². The summed E-state index contributed by atoms with van der Waals surface area (Å²) in [5.74, 6) is -0.113. The van der Waals surface area contributed by atoms with Crippen molar-refractivity contribution in [1.82, 2.24) is 25.3 Å². The number of hydrogen-bond acceptors (Lipinski definition) is 9. The number of nitrogens with zero attached hydrogens (tertiary/aromatic N) is 4. The fraction of sp³-hybridized carbons (Fsp3) is 0.412. The molecule has 0 amide bonds. The van der Waals surface area contributed by atoms with Gasteiger partial charge >= 0.3 is 0 Å². The lowest BCUT2D eigenvalue weighted by Crippen LogP contribution is -2.26. The van der Waals surface area contributed by atoms with E-state index in [1.807, 2.05) is 13.8 Å². The fourth-order valence-corrected chi connectivity index (χ4v) is 3.41. The van der Waals surface area contributed by atoms with Crippen molar-refractivity contribution >= 4 is 27.6 Å². The standard InChI is InChI=1S/C17H21FN6O2S/c1-9(11-6-12(18)8-19-7-11)21-17-23-13(16(25)20-4-5-26-3)14-15(24-17)22-10(2)27-14/h6-9,16,20,25H,4-5H2,1-3H3,(H,21,23,24). The summed E-state index contributed by atoms with van der Waals surface area (Å²) < 4.78 is 19.1. The second kappa shape index (κ2) is 8.61. The van der Waals surface area contributed by atoms with Crippen LogP contribution in [-0.4, -0.2) is 45.3 Å². The van der Waals surface area contributed by atoms with Gasteiger partial charge in [0.25, 0.3) is 0 Å². The summed E-state index contributed by atoms with van der Waals surface area (Å²) >= 11 is 1.42. The van der Waals surface area contributed by atoms with E-state index < -0.39 is 12.0 Å². The van der Waals surface area contributed by atoms with Crippen LogP contribution < -0.4 is 10.6 Å². The molecule has 2 unspecified atom stereocenters. The monoisotopic (exact) mass is 392 g/mol. The van der Waals surface area contributed by atoms with E-state index in [0.717, 1.165) is 15.9 Å². The van der Waals surface area contributed by atoms with Crippen LogP contribution in [-0.2, 0) is 4.74 Å². The first-order valence-electron chi connectivity index (χ1n) is 8.40. The van der Waals surface area contributed by atoms with E-state index in [-0.39, 0.29) is 6.04 Å². The highest BCUT2D eigenvalue weighted by Crippen LogP contribution is 2.28. The van der Waals surface area contributed by atoms with Gasteiger partial charge in [0.15, 0.2) is 5.65 Å². The Morgan fingerprint density at radius 2 is 2.11 bits per heavy atom. The molecule has 3 aromatic rings. The highest BCUT2D eigenvalue weighted by atomic mass is 32.1. The largest absolute Gasteiger partial charge is 0.383 e. The zero-order valence-electron chi connectivity index (χ0n) is 15.2. The first kappa shape index (κ1) is 19.5. The van der Waals surface area contributed by atoms with Gasteiger partial charge in [0, 0.05) is 19.9 Å². The minimum Gasteiger partial charge on any atom is -0.383 e. The third-order valence-corrected chi connectivity index (χ3v) is 4.84. The van der Waals surface area contributed by atoms with Crippen molar-refractivity contribution in [3.8, 4) is 0 Å². The summed E-state index contributed by atoms with van der Waals surface area (Å²) in [5, 5.41) is 17.4. The number of methoxy groups -OCH3 is 1. The Morgan fingerprint density at radius 3 is 2.85 bits per heavy atom. The van der Waals surface area contributed by atoms with Gasteiger partial charge in [-0.25, -0.2) is 14.4 Å². The maximum absolute atomic E-state index is 13.4. The smallest absolute Gasteiger partial charge is 0.225 e. The van der Waals surface area contributed by atoms with Crippen LogP contribution in [0.5, 0.6) is 0 Å². The summed E-state index contributed by atoms with van der Waals surface area (Å²) in [5.41, 5.74) is 1.60. The number of hydrogen-bond donors (Lipinski definition) is 3. The van der Waals surface area contributed by atoms with Crippen molar-refractivity contribution in [1.29, 1.82) is 0 Å². The van der Waals surface area contributed by atoms with Crippen molar-refractivity contribution in [2.45, 2.75) is 26.1 Å². The zero-order chi connectivity index (χ0) is 19.4. The van der Waals surface area contributed by atoms with Gasteiger partial charge in [0.2, 0.25) is 5.95 Å². The average molecular weight is 392 g/mol. The number of nitrogens with one attached hydrogen (secondary N) is 2. The van der Waals surface area contributed by atoms with Gasteiger partial charge in [-0.1, -0.05) is 0 Å². The third-order valence-electron chi connectivity index (χ3n) is 3.86. The first-order chi connectivity index (χ1) is 13.0. The molecule has 0 radical (unpaired) electrons. The van der Waals surface area contributed by atoms with Crippen LogP contribution >= 0.6 is 11.3 Å². The quantitative estimate of drug-likeness (QED) is 0.396. The lowest BCUT2D eigenvalue weighted by molar-refractivity contribution is 0.117. The molecule has 0 bridgehead atoms. The van der Waals surface area contributed by atoms with Crippen molar-refractivity contribution in [3.63, 3.8) is 0 Å². The summed E-state index contributed by atoms with van der Waals surface area (Å²) in [4.78, 5) is 17.1. The van der Waals surface area contributed by atoms with Crippen LogP contribution in [0.1, 0.15) is 35.5 Å². The normalized spacial score (nSPS) is 13.7. The van der Waals surface area contributed by atoms with Gasteiger partial charge in [-0.05, 0) is 25.5 Å². The van der Waals surface area contributed by atoms with Gasteiger partial charge in [-0.2, -0.15) is 4.98 Å². The molecule has 27 heavy (non-hydrogen) atoms. The summed E-state index contributed by atoms with van der Waals surface area (Å²) in [6.45, 7) is 4.65. The number of ether oxygens (including phenoxy) is 1. The average Bonchev–Trinajstić information content (AvgIpc) is 3.01. The lowest BCUT2D eigenvalue weighted by Gasteiger charge is -2.17. The molecule has 3 heterocycles. The summed E-state index contributed by atoms with van der Waals surface area (Å²) in [7, 11) is 1.59. The molecule has 0 spiro atoms. The molecule has 0 saturated carbocycles. The van der Waals surface area contributed by atoms with Gasteiger partial charge in [0.05, 0.1) is 28.6 Å². The number of fused-ring (bicyclic) bond motifs is 1. The van der Waals surface area contributed by atoms with Gasteiger partial charge in [0.1, 0.15) is 17.7 Å². The van der Waals surface area contributed by atoms with Crippen LogP contribution in [0.2, 0.25) is 0 Å². The molecule has 0 saturated heterocycles. The molecule has 3 aromatic heterocycles. The number of aliphatic hydroxyl groups excluding tert-OH is 1. The van der Waals surface area contributed by atoms with Crippen LogP contribution in [0.15, 0.2) is 18.5 Å². The number of aromatic nitrogens is 4. The van der Waals surface area contributed by atoms with E-state index >= 15 is 0 Å². The molecule has 0 aromatic carbocycles. The highest BCUT2D eigenvalue weighted by Gasteiger charge is 2.19. The van der Waals surface area contributed by atoms with Crippen molar-refractivity contribution < 1.29 is 14.2 Å². The molecule has 0 aliphatic rings.